The van der Waals surface area contributed by atoms with Gasteiger partial charge in [0.2, 0.25) is 5.91 Å². The van der Waals surface area contributed by atoms with Gasteiger partial charge in [-0.15, -0.1) is 6.42 Å². The molecule has 2 fully saturated rings. The number of morpholine rings is 1. The van der Waals surface area contributed by atoms with Crippen LogP contribution in [-0.2, 0) is 32.6 Å². The monoisotopic (exact) mass is 567 g/mol. The molecule has 3 aliphatic rings. The fourth-order valence-corrected chi connectivity index (χ4v) is 6.75. The Bertz CT molecular complexity index is 1580. The number of nitrogens with one attached hydrogen (secondary N) is 3. The highest BCUT2D eigenvalue weighted by molar-refractivity contribution is 7.89. The Morgan fingerprint density at radius 1 is 1.10 bits per heavy atom. The van der Waals surface area contributed by atoms with Crippen LogP contribution < -0.4 is 10.9 Å². The average molecular weight is 568 g/mol. The molecule has 5 heterocycles. The highest BCUT2D eigenvalue weighted by atomic mass is 32.2. The van der Waals surface area contributed by atoms with Gasteiger partial charge in [-0.1, -0.05) is 5.92 Å². The summed E-state index contributed by atoms with van der Waals surface area (Å²) in [5.74, 6) is 2.40. The molecule has 2 saturated heterocycles. The van der Waals surface area contributed by atoms with E-state index >= 15 is 0 Å². The summed E-state index contributed by atoms with van der Waals surface area (Å²) in [4.78, 5) is 37.3. The van der Waals surface area contributed by atoms with Crippen molar-refractivity contribution < 1.29 is 27.2 Å². The molecule has 0 aliphatic carbocycles. The second-order valence-electron chi connectivity index (χ2n) is 9.89. The van der Waals surface area contributed by atoms with Crippen molar-refractivity contribution in [3.8, 4) is 12.3 Å². The Labute approximate surface area is 230 Å². The Hall–Kier alpha value is -3.74. The molecule has 6 rings (SSSR count). The predicted octanol–water partition coefficient (Wildman–Crippen LogP) is 0.00920. The third kappa shape index (κ3) is 4.98. The van der Waals surface area contributed by atoms with E-state index in [2.05, 4.69) is 26.7 Å². The lowest BCUT2D eigenvalue weighted by Gasteiger charge is -2.40. The van der Waals surface area contributed by atoms with E-state index in [-0.39, 0.29) is 42.9 Å². The number of carbonyl (C=O) groups excluding carboxylic acids is 2. The van der Waals surface area contributed by atoms with E-state index in [0.29, 0.717) is 67.3 Å². The fraction of sp³-hybridized carbons (Fsp3) is 0.423. The van der Waals surface area contributed by atoms with Crippen molar-refractivity contribution in [2.75, 3.05) is 45.9 Å². The van der Waals surface area contributed by atoms with Crippen LogP contribution in [0.15, 0.2) is 33.7 Å². The van der Waals surface area contributed by atoms with Crippen LogP contribution in [-0.4, -0.2) is 96.3 Å². The minimum absolute atomic E-state index is 0.0232. The van der Waals surface area contributed by atoms with Crippen LogP contribution >= 0.6 is 0 Å². The number of terminal acetylenes is 1. The number of hydrazine groups is 1. The van der Waals surface area contributed by atoms with Gasteiger partial charge >= 0.3 is 5.91 Å². The molecule has 1 unspecified atom stereocenters. The van der Waals surface area contributed by atoms with Crippen LogP contribution in [0, 0.1) is 12.3 Å². The normalized spacial score (nSPS) is 20.3. The summed E-state index contributed by atoms with van der Waals surface area (Å²) in [6, 6.07) is 6.05. The summed E-state index contributed by atoms with van der Waals surface area (Å²) in [6.07, 6.45) is 5.45. The topological polar surface area (TPSA) is 153 Å². The molecule has 0 saturated carbocycles. The van der Waals surface area contributed by atoms with Gasteiger partial charge in [0.1, 0.15) is 10.8 Å². The zero-order chi connectivity index (χ0) is 27.9. The molecular formula is C26H29N7O6S. The van der Waals surface area contributed by atoms with Crippen LogP contribution in [0.4, 0.5) is 0 Å². The first-order valence-corrected chi connectivity index (χ1v) is 14.5. The van der Waals surface area contributed by atoms with E-state index in [1.165, 1.54) is 9.21 Å². The number of aromatic amines is 1. The number of aromatic nitrogens is 2. The van der Waals surface area contributed by atoms with Gasteiger partial charge in [-0.05, 0) is 24.3 Å². The number of ether oxygens (including phenoxy) is 1. The van der Waals surface area contributed by atoms with Gasteiger partial charge in [0.15, 0.2) is 0 Å². The van der Waals surface area contributed by atoms with Crippen molar-refractivity contribution in [2.45, 2.75) is 30.6 Å². The zero-order valence-electron chi connectivity index (χ0n) is 21.7. The van der Waals surface area contributed by atoms with Gasteiger partial charge in [0, 0.05) is 55.6 Å². The highest BCUT2D eigenvalue weighted by Crippen LogP contribution is 2.27. The van der Waals surface area contributed by atoms with Crippen molar-refractivity contribution >= 4 is 32.7 Å². The maximum absolute atomic E-state index is 13.7. The molecule has 3 aliphatic heterocycles. The molecule has 0 radical (unpaired) electrons. The summed E-state index contributed by atoms with van der Waals surface area (Å²) >= 11 is 0. The van der Waals surface area contributed by atoms with Gasteiger partial charge in [-0.3, -0.25) is 15.0 Å². The first-order valence-electron chi connectivity index (χ1n) is 13.0. The summed E-state index contributed by atoms with van der Waals surface area (Å²) in [5.41, 5.74) is 7.82. The lowest BCUT2D eigenvalue weighted by atomic mass is 10.1. The van der Waals surface area contributed by atoms with Crippen molar-refractivity contribution in [3.05, 3.63) is 47.2 Å². The van der Waals surface area contributed by atoms with E-state index in [1.807, 2.05) is 0 Å². The predicted molar refractivity (Wildman–Crippen MR) is 142 cm³/mol. The molecule has 14 heteroatoms. The highest BCUT2D eigenvalue weighted by Gasteiger charge is 2.40. The Balaban J connectivity index is 1.27. The molecule has 3 aromatic rings. The maximum Gasteiger partial charge on any atom is 0.310 e. The molecule has 210 valence electrons. The smallest absolute Gasteiger partial charge is 0.310 e. The summed E-state index contributed by atoms with van der Waals surface area (Å²) in [7, 11) is -3.97. The Morgan fingerprint density at radius 2 is 1.90 bits per heavy atom. The lowest BCUT2D eigenvalue weighted by Crippen LogP contribution is -2.58. The molecule has 2 amide bonds. The first kappa shape index (κ1) is 26.5. The molecule has 1 atom stereocenters. The summed E-state index contributed by atoms with van der Waals surface area (Å²) < 4.78 is 39.8. The summed E-state index contributed by atoms with van der Waals surface area (Å²) in [5, 5.41) is 0.703. The van der Waals surface area contributed by atoms with Gasteiger partial charge in [-0.25, -0.2) is 18.8 Å². The second kappa shape index (κ2) is 10.7. The minimum Gasteiger partial charge on any atom is -0.436 e. The molecular weight excluding hydrogens is 538 g/mol. The molecule has 13 nitrogen and oxygen atoms in total. The number of carbonyl (C=O) groups is 2. The standard InChI is InChI=1S/C26H29N7O6S/c1-2-17-3-4-20-18(11-17)12-23(29-20)40(36,37)32-5-6-33(19(16-32)13-24(34)31-7-9-38-10-8-31)26(35)25-30-21-14-27-28-15-22(21)39-25/h1,3-4,11-12,19,27-29H,5-10,13-16H2. The first-order chi connectivity index (χ1) is 19.3. The number of hydrogen-bond donors (Lipinski definition) is 3. The third-order valence-corrected chi connectivity index (χ3v) is 9.24. The van der Waals surface area contributed by atoms with Gasteiger partial charge in [-0.2, -0.15) is 4.31 Å². The number of nitrogens with zero attached hydrogens (tertiary/aromatic N) is 4. The number of piperazine rings is 1. The van der Waals surface area contributed by atoms with Crippen LogP contribution in [0.5, 0.6) is 0 Å². The molecule has 0 bridgehead atoms. The van der Waals surface area contributed by atoms with Gasteiger partial charge < -0.3 is 23.9 Å². The number of rotatable bonds is 5. The van der Waals surface area contributed by atoms with Crippen LogP contribution in [0.3, 0.4) is 0 Å². The Kier molecular flexibility index (Phi) is 7.07. The largest absolute Gasteiger partial charge is 0.436 e. The second-order valence-corrected chi connectivity index (χ2v) is 11.8. The van der Waals surface area contributed by atoms with E-state index in [4.69, 9.17) is 15.6 Å². The number of sulfonamides is 1. The van der Waals surface area contributed by atoms with Crippen LogP contribution in [0.1, 0.15) is 34.1 Å². The number of H-pyrrole nitrogens is 1. The van der Waals surface area contributed by atoms with Gasteiger partial charge in [0.25, 0.3) is 15.9 Å². The molecule has 0 spiro atoms. The number of fused-ring (bicyclic) bond motifs is 2. The number of benzene rings is 1. The van der Waals surface area contributed by atoms with E-state index in [0.717, 1.165) is 0 Å². The van der Waals surface area contributed by atoms with E-state index < -0.39 is 22.0 Å². The minimum atomic E-state index is -3.97. The lowest BCUT2D eigenvalue weighted by molar-refractivity contribution is -0.136. The number of amides is 2. The SMILES string of the molecule is C#Cc1ccc2[nH]c(S(=O)(=O)N3CCN(C(=O)c4nc5c(o4)CNNC5)C(CC(=O)N4CCOCC4)C3)cc2c1. The van der Waals surface area contributed by atoms with Crippen molar-refractivity contribution in [1.29, 1.82) is 0 Å². The van der Waals surface area contributed by atoms with Gasteiger partial charge in [0.05, 0.1) is 38.0 Å². The quantitative estimate of drug-likeness (QED) is 0.362. The molecule has 40 heavy (non-hydrogen) atoms. The average Bonchev–Trinajstić information content (AvgIpc) is 3.62. The zero-order valence-corrected chi connectivity index (χ0v) is 22.5. The van der Waals surface area contributed by atoms with Crippen molar-refractivity contribution in [1.82, 2.24) is 34.9 Å². The molecule has 3 N–H and O–H groups in total. The summed E-state index contributed by atoms with van der Waals surface area (Å²) in [6.45, 7) is 2.62. The Morgan fingerprint density at radius 3 is 2.67 bits per heavy atom. The molecule has 2 aromatic heterocycles. The number of hydrogen-bond acceptors (Lipinski definition) is 9. The fourth-order valence-electron chi connectivity index (χ4n) is 5.27. The molecule has 1 aromatic carbocycles. The number of oxazole rings is 1. The maximum atomic E-state index is 13.7. The van der Waals surface area contributed by atoms with Crippen molar-refractivity contribution in [3.63, 3.8) is 0 Å². The third-order valence-electron chi connectivity index (χ3n) is 7.45. The van der Waals surface area contributed by atoms with Crippen LogP contribution in [0.25, 0.3) is 10.9 Å². The van der Waals surface area contributed by atoms with Crippen LogP contribution in [0.2, 0.25) is 0 Å². The van der Waals surface area contributed by atoms with Crippen molar-refractivity contribution in [2.24, 2.45) is 0 Å². The van der Waals surface area contributed by atoms with E-state index in [9.17, 15) is 18.0 Å². The van der Waals surface area contributed by atoms with E-state index in [1.54, 1.807) is 29.2 Å².